The van der Waals surface area contributed by atoms with E-state index in [2.05, 4.69) is 10.1 Å². The highest BCUT2D eigenvalue weighted by Crippen LogP contribution is 2.23. The van der Waals surface area contributed by atoms with Gasteiger partial charge in [-0.05, 0) is 23.6 Å². The minimum absolute atomic E-state index is 0.0624. The number of aromatic nitrogens is 4. The van der Waals surface area contributed by atoms with Gasteiger partial charge in [0.2, 0.25) is 5.91 Å². The number of piperazine rings is 1. The van der Waals surface area contributed by atoms with E-state index in [0.29, 0.717) is 47.8 Å². The fraction of sp³-hybridized carbons (Fsp3) is 0.227. The molecule has 9 nitrogen and oxygen atoms in total. The molecule has 0 spiro atoms. The first-order chi connectivity index (χ1) is 16.0. The van der Waals surface area contributed by atoms with Gasteiger partial charge >= 0.3 is 0 Å². The lowest BCUT2D eigenvalue weighted by Crippen LogP contribution is -2.50. The van der Waals surface area contributed by atoms with E-state index in [9.17, 15) is 14.4 Å². The number of hydrogen-bond donors (Lipinski definition) is 0. The molecule has 1 fully saturated rings. The molecule has 0 aliphatic carbocycles. The number of thiophene rings is 1. The van der Waals surface area contributed by atoms with E-state index in [1.165, 1.54) is 26.9 Å². The summed E-state index contributed by atoms with van der Waals surface area (Å²) in [5.74, 6) is -0.156. The first-order valence-corrected chi connectivity index (χ1v) is 11.6. The molecule has 1 aliphatic heterocycles. The van der Waals surface area contributed by atoms with Gasteiger partial charge in [-0.15, -0.1) is 11.3 Å². The predicted molar refractivity (Wildman–Crippen MR) is 128 cm³/mol. The van der Waals surface area contributed by atoms with Gasteiger partial charge in [0.15, 0.2) is 0 Å². The second-order valence-electron chi connectivity index (χ2n) is 7.58. The average molecular weight is 483 g/mol. The molecule has 4 aromatic rings. The van der Waals surface area contributed by atoms with Crippen molar-refractivity contribution in [2.75, 3.05) is 31.1 Å². The van der Waals surface area contributed by atoms with Crippen LogP contribution in [0.2, 0.25) is 5.02 Å². The molecule has 1 amide bonds. The van der Waals surface area contributed by atoms with Crippen molar-refractivity contribution >= 4 is 44.7 Å². The molecule has 168 valence electrons. The SMILES string of the molecule is O=C(Cn1cnc2sccc2c1=O)N1CCN(c2cnn(-c3ccccc3)c(=O)c2Cl)CC1. The first-order valence-electron chi connectivity index (χ1n) is 10.3. The molecule has 4 heterocycles. The third kappa shape index (κ3) is 4.03. The van der Waals surface area contributed by atoms with E-state index in [4.69, 9.17) is 11.6 Å². The maximum atomic E-state index is 12.8. The van der Waals surface area contributed by atoms with Gasteiger partial charge in [-0.3, -0.25) is 19.0 Å². The van der Waals surface area contributed by atoms with Crippen LogP contribution < -0.4 is 16.0 Å². The summed E-state index contributed by atoms with van der Waals surface area (Å²) in [4.78, 5) is 46.6. The lowest BCUT2D eigenvalue weighted by atomic mass is 10.2. The van der Waals surface area contributed by atoms with E-state index >= 15 is 0 Å². The van der Waals surface area contributed by atoms with Gasteiger partial charge in [0.05, 0.1) is 29.3 Å². The van der Waals surface area contributed by atoms with Crippen LogP contribution >= 0.6 is 22.9 Å². The van der Waals surface area contributed by atoms with E-state index in [0.717, 1.165) is 0 Å². The van der Waals surface area contributed by atoms with Crippen LogP contribution in [0.25, 0.3) is 15.9 Å². The van der Waals surface area contributed by atoms with Crippen LogP contribution in [0.3, 0.4) is 0 Å². The second-order valence-corrected chi connectivity index (χ2v) is 8.85. The number of anilines is 1. The van der Waals surface area contributed by atoms with Gasteiger partial charge < -0.3 is 9.80 Å². The molecule has 3 aromatic heterocycles. The van der Waals surface area contributed by atoms with Gasteiger partial charge in [-0.25, -0.2) is 4.98 Å². The molecule has 33 heavy (non-hydrogen) atoms. The van der Waals surface area contributed by atoms with Crippen molar-refractivity contribution in [3.8, 4) is 5.69 Å². The number of fused-ring (bicyclic) bond motifs is 1. The summed E-state index contributed by atoms with van der Waals surface area (Å²) in [6.45, 7) is 1.82. The Morgan fingerprint density at radius 1 is 1.03 bits per heavy atom. The first kappa shape index (κ1) is 21.4. The summed E-state index contributed by atoms with van der Waals surface area (Å²) in [6.07, 6.45) is 3.00. The van der Waals surface area contributed by atoms with Crippen LogP contribution in [0.5, 0.6) is 0 Å². The smallest absolute Gasteiger partial charge is 0.292 e. The van der Waals surface area contributed by atoms with Crippen LogP contribution in [0.4, 0.5) is 5.69 Å². The zero-order valence-electron chi connectivity index (χ0n) is 17.4. The summed E-state index contributed by atoms with van der Waals surface area (Å²) in [5, 5.41) is 6.70. The molecule has 11 heteroatoms. The Kier molecular flexibility index (Phi) is 5.69. The molecule has 0 bridgehead atoms. The molecular formula is C22H19ClN6O3S. The number of amides is 1. The number of hydrogen-bond acceptors (Lipinski definition) is 7. The molecule has 0 radical (unpaired) electrons. The highest BCUT2D eigenvalue weighted by molar-refractivity contribution is 7.16. The van der Waals surface area contributed by atoms with Crippen LogP contribution in [0.15, 0.2) is 63.9 Å². The topological polar surface area (TPSA) is 93.3 Å². The monoisotopic (exact) mass is 482 g/mol. The van der Waals surface area contributed by atoms with Gasteiger partial charge in [0.25, 0.3) is 11.1 Å². The van der Waals surface area contributed by atoms with Crippen molar-refractivity contribution in [3.05, 3.63) is 80.0 Å². The molecule has 0 saturated carbocycles. The quantitative estimate of drug-likeness (QED) is 0.441. The summed E-state index contributed by atoms with van der Waals surface area (Å²) in [7, 11) is 0. The average Bonchev–Trinajstić information content (AvgIpc) is 3.33. The summed E-state index contributed by atoms with van der Waals surface area (Å²) in [6, 6.07) is 10.8. The third-order valence-corrected chi connectivity index (χ3v) is 6.81. The van der Waals surface area contributed by atoms with Crippen molar-refractivity contribution in [3.63, 3.8) is 0 Å². The Morgan fingerprint density at radius 3 is 2.55 bits per heavy atom. The van der Waals surface area contributed by atoms with Gasteiger partial charge in [-0.2, -0.15) is 9.78 Å². The zero-order valence-corrected chi connectivity index (χ0v) is 19.0. The Bertz CT molecular complexity index is 1440. The predicted octanol–water partition coefficient (Wildman–Crippen LogP) is 2.01. The lowest BCUT2D eigenvalue weighted by Gasteiger charge is -2.36. The maximum absolute atomic E-state index is 12.8. The fourth-order valence-electron chi connectivity index (χ4n) is 3.85. The number of para-hydroxylation sites is 1. The van der Waals surface area contributed by atoms with Crippen molar-refractivity contribution in [2.45, 2.75) is 6.54 Å². The van der Waals surface area contributed by atoms with Crippen LogP contribution in [-0.4, -0.2) is 56.3 Å². The molecular weight excluding hydrogens is 464 g/mol. The normalized spacial score (nSPS) is 14.1. The van der Waals surface area contributed by atoms with Crippen LogP contribution in [0.1, 0.15) is 0 Å². The van der Waals surface area contributed by atoms with Crippen LogP contribution in [-0.2, 0) is 11.3 Å². The molecule has 5 rings (SSSR count). The van der Waals surface area contributed by atoms with E-state index in [1.54, 1.807) is 29.3 Å². The minimum Gasteiger partial charge on any atom is -0.365 e. The van der Waals surface area contributed by atoms with Gasteiger partial charge in [0.1, 0.15) is 16.4 Å². The van der Waals surface area contributed by atoms with Crippen molar-refractivity contribution in [2.24, 2.45) is 0 Å². The minimum atomic E-state index is -0.394. The number of carbonyl (C=O) groups excluding carboxylic acids is 1. The molecule has 1 saturated heterocycles. The fourth-order valence-corrected chi connectivity index (χ4v) is 4.82. The number of rotatable bonds is 4. The van der Waals surface area contributed by atoms with Crippen LogP contribution in [0, 0.1) is 0 Å². The number of benzene rings is 1. The zero-order chi connectivity index (χ0) is 22.9. The summed E-state index contributed by atoms with van der Waals surface area (Å²) < 4.78 is 2.61. The number of nitrogens with zero attached hydrogens (tertiary/aromatic N) is 6. The Hall–Kier alpha value is -3.50. The maximum Gasteiger partial charge on any atom is 0.292 e. The number of halogens is 1. The molecule has 1 aliphatic rings. The number of carbonyl (C=O) groups is 1. The highest BCUT2D eigenvalue weighted by atomic mass is 35.5. The second kappa shape index (κ2) is 8.80. The Balaban J connectivity index is 1.27. The largest absolute Gasteiger partial charge is 0.365 e. The Labute approximate surface area is 197 Å². The molecule has 0 atom stereocenters. The lowest BCUT2D eigenvalue weighted by molar-refractivity contribution is -0.132. The Morgan fingerprint density at radius 2 is 1.79 bits per heavy atom. The highest BCUT2D eigenvalue weighted by Gasteiger charge is 2.24. The van der Waals surface area contributed by atoms with Crippen molar-refractivity contribution < 1.29 is 4.79 Å². The van der Waals surface area contributed by atoms with Crippen molar-refractivity contribution in [1.29, 1.82) is 0 Å². The van der Waals surface area contributed by atoms with E-state index in [-0.39, 0.29) is 23.0 Å². The molecule has 0 unspecified atom stereocenters. The van der Waals surface area contributed by atoms with E-state index in [1.807, 2.05) is 28.5 Å². The standard InChI is InChI=1S/C22H19ClN6O3S/c23-19-17(12-25-29(22(19)32)15-4-2-1-3-5-15)26-7-9-27(10-8-26)18(30)13-28-14-24-20-16(21(28)31)6-11-33-20/h1-6,11-12,14H,7-10,13H2. The van der Waals surface area contributed by atoms with Gasteiger partial charge in [-0.1, -0.05) is 29.8 Å². The molecule has 1 aromatic carbocycles. The summed E-state index contributed by atoms with van der Waals surface area (Å²) in [5.41, 5.74) is 0.570. The third-order valence-electron chi connectivity index (χ3n) is 5.63. The van der Waals surface area contributed by atoms with Crippen molar-refractivity contribution in [1.82, 2.24) is 24.2 Å². The summed E-state index contributed by atoms with van der Waals surface area (Å²) >= 11 is 7.80. The van der Waals surface area contributed by atoms with E-state index < -0.39 is 5.56 Å². The molecule has 0 N–H and O–H groups in total. The van der Waals surface area contributed by atoms with Gasteiger partial charge in [0, 0.05) is 26.2 Å².